The molecule has 164 valence electrons. The van der Waals surface area contributed by atoms with Gasteiger partial charge in [-0.1, -0.05) is 6.07 Å². The van der Waals surface area contributed by atoms with E-state index in [1.165, 1.54) is 6.07 Å². The molecule has 0 fully saturated rings. The van der Waals surface area contributed by atoms with Crippen LogP contribution in [0.3, 0.4) is 0 Å². The Morgan fingerprint density at radius 1 is 0.767 bits per heavy atom. The van der Waals surface area contributed by atoms with Crippen molar-refractivity contribution in [2.45, 2.75) is 18.8 Å². The van der Waals surface area contributed by atoms with Gasteiger partial charge in [0, 0.05) is 10.8 Å². The molecule has 0 saturated heterocycles. The van der Waals surface area contributed by atoms with Crippen molar-refractivity contribution in [2.75, 3.05) is 28.4 Å². The number of rotatable bonds is 11. The highest BCUT2D eigenvalue weighted by Gasteiger charge is 2.48. The molecule has 0 N–H and O–H groups in total. The summed E-state index contributed by atoms with van der Waals surface area (Å²) in [6.07, 6.45) is -1.56. The number of ether oxygens (including phenoxy) is 4. The lowest BCUT2D eigenvalue weighted by atomic mass is 9.75. The highest BCUT2D eigenvalue weighted by Crippen LogP contribution is 2.39. The highest BCUT2D eigenvalue weighted by atomic mass is 32.1. The summed E-state index contributed by atoms with van der Waals surface area (Å²) in [6, 6.07) is 3.10. The predicted octanol–water partition coefficient (Wildman–Crippen LogP) is 0.674. The molecule has 0 radical (unpaired) electrons. The second kappa shape index (κ2) is 11.8. The van der Waals surface area contributed by atoms with Gasteiger partial charge in [0.1, 0.15) is 24.7 Å². The first-order valence-corrected chi connectivity index (χ1v) is 9.47. The third kappa shape index (κ3) is 6.21. The molecule has 1 aromatic heterocycles. The molecular weight excluding hydrogens is 420 g/mol. The van der Waals surface area contributed by atoms with Crippen molar-refractivity contribution in [3.63, 3.8) is 0 Å². The number of hydrogen-bond donors (Lipinski definition) is 0. The van der Waals surface area contributed by atoms with Crippen molar-refractivity contribution < 1.29 is 47.7 Å². The minimum atomic E-state index is -1.70. The Kier molecular flexibility index (Phi) is 9.82. The normalized spacial score (nSPS) is 13.3. The smallest absolute Gasteiger partial charge is 0.316 e. The second-order valence-corrected chi connectivity index (χ2v) is 6.96. The Morgan fingerprint density at radius 3 is 1.50 bits per heavy atom. The Bertz CT molecular complexity index is 748. The number of esters is 4. The van der Waals surface area contributed by atoms with Gasteiger partial charge < -0.3 is 18.9 Å². The van der Waals surface area contributed by atoms with Crippen molar-refractivity contribution in [3.8, 4) is 0 Å². The zero-order valence-corrected chi connectivity index (χ0v) is 17.7. The van der Waals surface area contributed by atoms with Crippen LogP contribution in [0.2, 0.25) is 0 Å². The van der Waals surface area contributed by atoms with Gasteiger partial charge in [0.05, 0.1) is 28.4 Å². The van der Waals surface area contributed by atoms with Gasteiger partial charge >= 0.3 is 23.9 Å². The monoisotopic (exact) mass is 442 g/mol. The first kappa shape index (κ1) is 25.0. The van der Waals surface area contributed by atoms with Gasteiger partial charge in [-0.25, -0.2) is 0 Å². The van der Waals surface area contributed by atoms with E-state index in [-0.39, 0.29) is 0 Å². The number of thiophene rings is 1. The first-order chi connectivity index (χ1) is 14.2. The summed E-state index contributed by atoms with van der Waals surface area (Å²) < 4.78 is 18.4. The van der Waals surface area contributed by atoms with Crippen LogP contribution in [0, 0.1) is 11.8 Å². The van der Waals surface area contributed by atoms with Gasteiger partial charge in [-0.05, 0) is 11.4 Å². The van der Waals surface area contributed by atoms with Crippen molar-refractivity contribution in [2.24, 2.45) is 11.8 Å². The molecule has 0 aliphatic carbocycles. The highest BCUT2D eigenvalue weighted by molar-refractivity contribution is 7.10. The second-order valence-electron chi connectivity index (χ2n) is 5.98. The van der Waals surface area contributed by atoms with Crippen LogP contribution in [0.5, 0.6) is 0 Å². The molecule has 0 bridgehead atoms. The summed E-state index contributed by atoms with van der Waals surface area (Å²) in [5.74, 6) is -10.5. The largest absolute Gasteiger partial charge is 0.469 e. The third-order valence-corrected chi connectivity index (χ3v) is 5.26. The minimum absolute atomic E-state index is 0.317. The van der Waals surface area contributed by atoms with Gasteiger partial charge in [0.15, 0.2) is 11.6 Å². The molecule has 0 saturated carbocycles. The van der Waals surface area contributed by atoms with E-state index >= 15 is 0 Å². The number of ketones is 2. The molecule has 2 unspecified atom stereocenters. The SMILES string of the molecule is COC(=O)CC(=O)C(C(=O)OC)C(c1cccs1)C(C(=O)CC(=O)OC)C(=O)OC. The van der Waals surface area contributed by atoms with E-state index in [9.17, 15) is 28.8 Å². The zero-order valence-electron chi connectivity index (χ0n) is 16.9. The molecule has 1 aromatic rings. The topological polar surface area (TPSA) is 139 Å². The maximum Gasteiger partial charge on any atom is 0.316 e. The first-order valence-electron chi connectivity index (χ1n) is 8.59. The minimum Gasteiger partial charge on any atom is -0.469 e. The molecule has 0 aliphatic heterocycles. The number of carbonyl (C=O) groups excluding carboxylic acids is 6. The van der Waals surface area contributed by atoms with Crippen LogP contribution < -0.4 is 0 Å². The predicted molar refractivity (Wildman–Crippen MR) is 101 cm³/mol. The summed E-state index contributed by atoms with van der Waals surface area (Å²) in [4.78, 5) is 74.2. The number of Topliss-reactive ketones (excluding diaryl/α,β-unsaturated/α-hetero) is 2. The Hall–Kier alpha value is -3.08. The molecule has 0 aromatic carbocycles. The lowest BCUT2D eigenvalue weighted by Crippen LogP contribution is -2.42. The van der Waals surface area contributed by atoms with Gasteiger partial charge in [0.2, 0.25) is 0 Å². The summed E-state index contributed by atoms with van der Waals surface area (Å²) in [5.41, 5.74) is 0. The molecule has 30 heavy (non-hydrogen) atoms. The Morgan fingerprint density at radius 2 is 1.20 bits per heavy atom. The van der Waals surface area contributed by atoms with E-state index in [2.05, 4.69) is 9.47 Å². The van der Waals surface area contributed by atoms with E-state index in [1.54, 1.807) is 11.4 Å². The van der Waals surface area contributed by atoms with Gasteiger partial charge in [-0.3, -0.25) is 28.8 Å². The van der Waals surface area contributed by atoms with E-state index in [4.69, 9.17) is 9.47 Å². The average molecular weight is 442 g/mol. The fraction of sp³-hybridized carbons (Fsp3) is 0.474. The third-order valence-electron chi connectivity index (χ3n) is 4.29. The van der Waals surface area contributed by atoms with Crippen molar-refractivity contribution in [3.05, 3.63) is 22.4 Å². The standard InChI is InChI=1S/C19H22O10S/c1-26-13(22)8-10(20)15(18(24)28-3)17(12-6-5-7-30-12)16(19(25)29-4)11(21)9-14(23)27-2/h5-7,15-17H,8-9H2,1-4H3. The van der Waals surface area contributed by atoms with E-state index in [1.807, 2.05) is 0 Å². The van der Waals surface area contributed by atoms with Crippen LogP contribution in [0.4, 0.5) is 0 Å². The molecule has 11 heteroatoms. The van der Waals surface area contributed by atoms with Gasteiger partial charge in [-0.15, -0.1) is 11.3 Å². The lowest BCUT2D eigenvalue weighted by Gasteiger charge is -2.28. The lowest BCUT2D eigenvalue weighted by molar-refractivity contribution is -0.156. The number of carbonyl (C=O) groups is 6. The van der Waals surface area contributed by atoms with Crippen LogP contribution >= 0.6 is 11.3 Å². The van der Waals surface area contributed by atoms with Gasteiger partial charge in [-0.2, -0.15) is 0 Å². The Balaban J connectivity index is 3.58. The molecule has 0 spiro atoms. The quantitative estimate of drug-likeness (QED) is 0.273. The molecule has 1 heterocycles. The number of methoxy groups -OCH3 is 4. The van der Waals surface area contributed by atoms with Crippen LogP contribution in [-0.4, -0.2) is 63.9 Å². The summed E-state index contributed by atoms with van der Waals surface area (Å²) in [6.45, 7) is 0. The molecule has 0 aliphatic rings. The summed E-state index contributed by atoms with van der Waals surface area (Å²) in [7, 11) is 4.18. The number of hydrogen-bond acceptors (Lipinski definition) is 11. The molecule has 10 nitrogen and oxygen atoms in total. The molecular formula is C19H22O10S. The van der Waals surface area contributed by atoms with Crippen LogP contribution in [-0.2, 0) is 47.7 Å². The van der Waals surface area contributed by atoms with Crippen LogP contribution in [0.1, 0.15) is 23.6 Å². The van der Waals surface area contributed by atoms with Crippen molar-refractivity contribution >= 4 is 46.8 Å². The average Bonchev–Trinajstić information content (AvgIpc) is 3.26. The van der Waals surface area contributed by atoms with E-state index in [0.717, 1.165) is 39.8 Å². The molecule has 2 atom stereocenters. The van der Waals surface area contributed by atoms with Crippen molar-refractivity contribution in [1.82, 2.24) is 0 Å². The van der Waals surface area contributed by atoms with E-state index < -0.39 is 66.0 Å². The zero-order chi connectivity index (χ0) is 22.8. The maximum absolute atomic E-state index is 12.8. The van der Waals surface area contributed by atoms with Crippen molar-refractivity contribution in [1.29, 1.82) is 0 Å². The summed E-state index contributed by atoms with van der Waals surface area (Å²) >= 11 is 1.08. The molecule has 1 rings (SSSR count). The van der Waals surface area contributed by atoms with Crippen LogP contribution in [0.25, 0.3) is 0 Å². The van der Waals surface area contributed by atoms with Gasteiger partial charge in [0.25, 0.3) is 0 Å². The fourth-order valence-corrected chi connectivity index (χ4v) is 3.76. The maximum atomic E-state index is 12.8. The Labute approximate surface area is 176 Å². The van der Waals surface area contributed by atoms with E-state index in [0.29, 0.717) is 4.88 Å². The fourth-order valence-electron chi connectivity index (χ4n) is 2.86. The molecule has 0 amide bonds. The summed E-state index contributed by atoms with van der Waals surface area (Å²) in [5, 5.41) is 1.61. The van der Waals surface area contributed by atoms with Crippen LogP contribution in [0.15, 0.2) is 17.5 Å².